The summed E-state index contributed by atoms with van der Waals surface area (Å²) in [4.78, 5) is 33.2. The molecule has 0 saturated heterocycles. The van der Waals surface area contributed by atoms with Gasteiger partial charge in [-0.3, -0.25) is 4.79 Å². The smallest absolute Gasteiger partial charge is 0.407 e. The Morgan fingerprint density at radius 1 is 1.16 bits per heavy atom. The third-order valence-electron chi connectivity index (χ3n) is 6.37. The molecule has 1 aliphatic rings. The van der Waals surface area contributed by atoms with Crippen molar-refractivity contribution in [3.8, 4) is 11.3 Å². The standard InChI is InChI=1S/C25H28BrN3O3/c1-14(2)22(29-25(31)32-3)23(30)19-5-4-6-20(19)24-27-13-21(28-24)17-8-7-16-12-18(26)10-9-15(16)11-17/h7-14,19-20,22H,4-6H2,1-3H3,(H,27,28)(H,29,31)/t19?,20-,22+/m1/s1. The number of imidazole rings is 1. The van der Waals surface area contributed by atoms with E-state index < -0.39 is 12.1 Å². The Labute approximate surface area is 196 Å². The lowest BCUT2D eigenvalue weighted by Gasteiger charge is -2.26. The Balaban J connectivity index is 1.57. The van der Waals surface area contributed by atoms with Crippen molar-refractivity contribution in [3.05, 3.63) is 52.9 Å². The average Bonchev–Trinajstić information content (AvgIpc) is 3.45. The van der Waals surface area contributed by atoms with E-state index in [1.165, 1.54) is 12.5 Å². The maximum absolute atomic E-state index is 13.4. The highest BCUT2D eigenvalue weighted by atomic mass is 79.9. The molecule has 2 aromatic carbocycles. The highest BCUT2D eigenvalue weighted by Gasteiger charge is 2.40. The van der Waals surface area contributed by atoms with Crippen LogP contribution in [-0.4, -0.2) is 35.0 Å². The third-order valence-corrected chi connectivity index (χ3v) is 6.87. The number of Topliss-reactive ketones (excluding diaryl/α,β-unsaturated/α-hetero) is 1. The fraction of sp³-hybridized carbons (Fsp3) is 0.400. The zero-order chi connectivity index (χ0) is 22.8. The summed E-state index contributed by atoms with van der Waals surface area (Å²) in [7, 11) is 1.31. The number of fused-ring (bicyclic) bond motifs is 1. The van der Waals surface area contributed by atoms with Gasteiger partial charge in [0, 0.05) is 21.9 Å². The van der Waals surface area contributed by atoms with Gasteiger partial charge in [0.15, 0.2) is 5.78 Å². The molecule has 1 heterocycles. The van der Waals surface area contributed by atoms with Crippen molar-refractivity contribution in [1.82, 2.24) is 15.3 Å². The molecule has 7 heteroatoms. The van der Waals surface area contributed by atoms with Crippen LogP contribution < -0.4 is 5.32 Å². The van der Waals surface area contributed by atoms with Crippen LogP contribution in [0.1, 0.15) is 44.9 Å². The second-order valence-corrected chi connectivity index (χ2v) is 9.71. The molecule has 1 amide bonds. The molecule has 4 rings (SSSR count). The second-order valence-electron chi connectivity index (χ2n) is 8.79. The molecular formula is C25H28BrN3O3. The minimum atomic E-state index is -0.574. The fourth-order valence-electron chi connectivity index (χ4n) is 4.67. The number of hydrogen-bond donors (Lipinski definition) is 2. The molecule has 1 unspecified atom stereocenters. The number of carbonyl (C=O) groups excluding carboxylic acids is 2. The van der Waals surface area contributed by atoms with Crippen LogP contribution in [0, 0.1) is 11.8 Å². The van der Waals surface area contributed by atoms with Crippen LogP contribution in [0.15, 0.2) is 47.1 Å². The molecule has 2 N–H and O–H groups in total. The zero-order valence-corrected chi connectivity index (χ0v) is 20.1. The summed E-state index contributed by atoms with van der Waals surface area (Å²) in [6.07, 6.45) is 3.94. The molecule has 1 fully saturated rings. The topological polar surface area (TPSA) is 84.1 Å². The van der Waals surface area contributed by atoms with E-state index in [0.29, 0.717) is 0 Å². The summed E-state index contributed by atoms with van der Waals surface area (Å²) in [5, 5.41) is 5.05. The summed E-state index contributed by atoms with van der Waals surface area (Å²) in [5.41, 5.74) is 2.00. The average molecular weight is 498 g/mol. The van der Waals surface area contributed by atoms with Gasteiger partial charge in [0.1, 0.15) is 5.82 Å². The van der Waals surface area contributed by atoms with E-state index in [1.54, 1.807) is 0 Å². The van der Waals surface area contributed by atoms with Gasteiger partial charge in [-0.05, 0) is 47.7 Å². The Kier molecular flexibility index (Phi) is 6.65. The van der Waals surface area contributed by atoms with Crippen molar-refractivity contribution in [2.24, 2.45) is 11.8 Å². The van der Waals surface area contributed by atoms with Gasteiger partial charge < -0.3 is 15.0 Å². The van der Waals surface area contributed by atoms with Crippen molar-refractivity contribution < 1.29 is 14.3 Å². The molecular weight excluding hydrogens is 470 g/mol. The van der Waals surface area contributed by atoms with Crippen LogP contribution in [0.4, 0.5) is 4.79 Å². The largest absolute Gasteiger partial charge is 0.453 e. The maximum atomic E-state index is 13.4. The first-order valence-electron chi connectivity index (χ1n) is 11.0. The third kappa shape index (κ3) is 4.58. The number of hydrogen-bond acceptors (Lipinski definition) is 4. The minimum absolute atomic E-state index is 0.0207. The molecule has 1 saturated carbocycles. The van der Waals surface area contributed by atoms with E-state index in [1.807, 2.05) is 26.1 Å². The fourth-order valence-corrected chi connectivity index (χ4v) is 5.05. The number of nitrogens with one attached hydrogen (secondary N) is 2. The van der Waals surface area contributed by atoms with E-state index in [4.69, 9.17) is 4.74 Å². The van der Waals surface area contributed by atoms with Crippen molar-refractivity contribution in [3.63, 3.8) is 0 Å². The van der Waals surface area contributed by atoms with Crippen molar-refractivity contribution in [2.75, 3.05) is 7.11 Å². The minimum Gasteiger partial charge on any atom is -0.453 e. The predicted octanol–water partition coefficient (Wildman–Crippen LogP) is 5.83. The highest BCUT2D eigenvalue weighted by Crippen LogP contribution is 2.40. The van der Waals surface area contributed by atoms with Gasteiger partial charge >= 0.3 is 6.09 Å². The molecule has 1 aliphatic carbocycles. The van der Waals surface area contributed by atoms with E-state index >= 15 is 0 Å². The monoisotopic (exact) mass is 497 g/mol. The lowest BCUT2D eigenvalue weighted by Crippen LogP contribution is -2.47. The number of amides is 1. The van der Waals surface area contributed by atoms with Gasteiger partial charge in [0.05, 0.1) is 25.0 Å². The summed E-state index contributed by atoms with van der Waals surface area (Å²) < 4.78 is 5.78. The van der Waals surface area contributed by atoms with Gasteiger partial charge in [0.25, 0.3) is 0 Å². The Hall–Kier alpha value is -2.67. The number of aromatic nitrogens is 2. The van der Waals surface area contributed by atoms with E-state index in [0.717, 1.165) is 46.2 Å². The first-order chi connectivity index (χ1) is 15.4. The van der Waals surface area contributed by atoms with Gasteiger partial charge in [-0.1, -0.05) is 54.4 Å². The lowest BCUT2D eigenvalue weighted by atomic mass is 9.84. The highest BCUT2D eigenvalue weighted by molar-refractivity contribution is 9.10. The molecule has 0 aliphatic heterocycles. The first-order valence-corrected chi connectivity index (χ1v) is 11.8. The summed E-state index contributed by atoms with van der Waals surface area (Å²) in [5.74, 6) is 0.725. The van der Waals surface area contributed by atoms with Crippen LogP contribution in [0.2, 0.25) is 0 Å². The van der Waals surface area contributed by atoms with Crippen molar-refractivity contribution in [2.45, 2.75) is 45.1 Å². The molecule has 32 heavy (non-hydrogen) atoms. The second kappa shape index (κ2) is 9.45. The molecule has 1 aromatic heterocycles. The van der Waals surface area contributed by atoms with E-state index in [9.17, 15) is 9.59 Å². The number of ketones is 1. The van der Waals surface area contributed by atoms with Crippen molar-refractivity contribution >= 4 is 38.6 Å². The number of nitrogens with zero attached hydrogens (tertiary/aromatic N) is 1. The number of ether oxygens (including phenoxy) is 1. The molecule has 168 valence electrons. The van der Waals surface area contributed by atoms with Crippen LogP contribution >= 0.6 is 15.9 Å². The van der Waals surface area contributed by atoms with Crippen LogP contribution in [-0.2, 0) is 9.53 Å². The zero-order valence-electron chi connectivity index (χ0n) is 18.5. The summed E-state index contributed by atoms with van der Waals surface area (Å²) in [6.45, 7) is 3.87. The Morgan fingerprint density at radius 3 is 2.66 bits per heavy atom. The van der Waals surface area contributed by atoms with Gasteiger partial charge in [-0.2, -0.15) is 0 Å². The van der Waals surface area contributed by atoms with Crippen LogP contribution in [0.3, 0.4) is 0 Å². The number of benzene rings is 2. The number of alkyl carbamates (subject to hydrolysis) is 1. The predicted molar refractivity (Wildman–Crippen MR) is 128 cm³/mol. The van der Waals surface area contributed by atoms with E-state index in [2.05, 4.69) is 61.5 Å². The number of rotatable bonds is 6. The SMILES string of the molecule is COC(=O)N[C@H](C(=O)C1CCC[C@H]1c1ncc(-c2ccc3cc(Br)ccc3c2)[nH]1)C(C)C. The summed E-state index contributed by atoms with van der Waals surface area (Å²) in [6, 6.07) is 12.0. The number of methoxy groups -OCH3 is 1. The Bertz CT molecular complexity index is 1140. The van der Waals surface area contributed by atoms with Crippen LogP contribution in [0.5, 0.6) is 0 Å². The molecule has 0 radical (unpaired) electrons. The van der Waals surface area contributed by atoms with Gasteiger partial charge in [0.2, 0.25) is 0 Å². The molecule has 0 spiro atoms. The maximum Gasteiger partial charge on any atom is 0.407 e. The van der Waals surface area contributed by atoms with Crippen LogP contribution in [0.25, 0.3) is 22.0 Å². The number of H-pyrrole nitrogens is 1. The first kappa shape index (κ1) is 22.5. The molecule has 3 atom stereocenters. The van der Waals surface area contributed by atoms with Gasteiger partial charge in [-0.15, -0.1) is 0 Å². The molecule has 0 bridgehead atoms. The summed E-state index contributed by atoms with van der Waals surface area (Å²) >= 11 is 3.52. The normalized spacial score (nSPS) is 19.3. The molecule has 6 nitrogen and oxygen atoms in total. The van der Waals surface area contributed by atoms with Crippen molar-refractivity contribution in [1.29, 1.82) is 0 Å². The molecule has 3 aromatic rings. The number of halogens is 1. The quantitative estimate of drug-likeness (QED) is 0.448. The number of aromatic amines is 1. The Morgan fingerprint density at radius 2 is 1.91 bits per heavy atom. The number of carbonyl (C=O) groups is 2. The van der Waals surface area contributed by atoms with E-state index in [-0.39, 0.29) is 23.5 Å². The van der Waals surface area contributed by atoms with Gasteiger partial charge in [-0.25, -0.2) is 9.78 Å². The lowest BCUT2D eigenvalue weighted by molar-refractivity contribution is -0.126.